The fourth-order valence-electron chi connectivity index (χ4n) is 6.86. The number of esters is 2. The molecule has 0 aromatic heterocycles. The molecular formula is C47H82O17P2. The molecule has 1 aliphatic rings. The van der Waals surface area contributed by atoms with E-state index < -0.39 is 89.6 Å². The van der Waals surface area contributed by atoms with Gasteiger partial charge in [-0.1, -0.05) is 139 Å². The first kappa shape index (κ1) is 61.7. The number of allylic oxidation sites excluding steroid dienone is 8. The van der Waals surface area contributed by atoms with Crippen molar-refractivity contribution in [2.24, 2.45) is 0 Å². The van der Waals surface area contributed by atoms with Gasteiger partial charge in [-0.15, -0.1) is 0 Å². The van der Waals surface area contributed by atoms with Gasteiger partial charge in [0.05, 0.1) is 12.7 Å². The maximum absolute atomic E-state index is 13.0. The average Bonchev–Trinajstić information content (AvgIpc) is 3.27. The molecule has 0 aliphatic heterocycles. The Balaban J connectivity index is 2.68. The first-order chi connectivity index (χ1) is 31.5. The second-order valence-corrected chi connectivity index (χ2v) is 19.3. The van der Waals surface area contributed by atoms with E-state index in [2.05, 4.69) is 42.7 Å². The summed E-state index contributed by atoms with van der Waals surface area (Å²) in [6.07, 6.45) is 24.9. The summed E-state index contributed by atoms with van der Waals surface area (Å²) in [4.78, 5) is 54.3. The highest BCUT2D eigenvalue weighted by atomic mass is 31.2. The molecule has 0 heterocycles. The first-order valence-electron chi connectivity index (χ1n) is 23.9. The number of aliphatic hydroxyl groups excluding tert-OH is 5. The van der Waals surface area contributed by atoms with E-state index >= 15 is 0 Å². The molecule has 0 aromatic carbocycles. The molecule has 8 N–H and O–H groups in total. The SMILES string of the molecule is CCCCC/C=C\C/C=C\CC(O)/C=C\C=C\CCCC(=O)O[C@H](COC(=O)CCCCCCC/C=C\CCCCCCCC)COP(=O)(O)O[C@H]1C(O)C(O)C(O)[C@@H](OP(=O)(O)O)C1O. The number of hydrogen-bond donors (Lipinski definition) is 8. The molecule has 1 fully saturated rings. The third kappa shape index (κ3) is 31.7. The van der Waals surface area contributed by atoms with Crippen LogP contribution in [0.5, 0.6) is 0 Å². The molecule has 1 aliphatic carbocycles. The quantitative estimate of drug-likeness (QED) is 0.00951. The molecule has 0 bridgehead atoms. The van der Waals surface area contributed by atoms with Crippen LogP contribution in [0.4, 0.5) is 0 Å². The minimum absolute atomic E-state index is 0.0795. The highest BCUT2D eigenvalue weighted by molar-refractivity contribution is 7.47. The maximum atomic E-state index is 13.0. The van der Waals surface area contributed by atoms with E-state index in [1.165, 1.54) is 57.8 Å². The topological polar surface area (TPSA) is 276 Å². The minimum Gasteiger partial charge on any atom is -0.462 e. The van der Waals surface area contributed by atoms with Crippen molar-refractivity contribution in [2.75, 3.05) is 13.2 Å². The van der Waals surface area contributed by atoms with Gasteiger partial charge in [-0.25, -0.2) is 9.13 Å². The van der Waals surface area contributed by atoms with Gasteiger partial charge < -0.3 is 49.7 Å². The highest BCUT2D eigenvalue weighted by Gasteiger charge is 2.54. The van der Waals surface area contributed by atoms with Crippen molar-refractivity contribution >= 4 is 27.6 Å². The Kier molecular flexibility index (Phi) is 35.1. The molecule has 9 atom stereocenters. The fraction of sp³-hybridized carbons (Fsp3) is 0.745. The number of unbranched alkanes of at least 4 members (excludes halogenated alkanes) is 15. The van der Waals surface area contributed by atoms with E-state index in [9.17, 15) is 58.9 Å². The van der Waals surface area contributed by atoms with Gasteiger partial charge in [-0.2, -0.15) is 0 Å². The van der Waals surface area contributed by atoms with Crippen molar-refractivity contribution in [1.82, 2.24) is 0 Å². The summed E-state index contributed by atoms with van der Waals surface area (Å²) in [6.45, 7) is 2.94. The molecule has 1 rings (SSSR count). The molecule has 66 heavy (non-hydrogen) atoms. The lowest BCUT2D eigenvalue weighted by Crippen LogP contribution is -2.64. The summed E-state index contributed by atoms with van der Waals surface area (Å²) in [5.41, 5.74) is 0. The van der Waals surface area contributed by atoms with Crippen LogP contribution in [0.1, 0.15) is 162 Å². The number of aliphatic hydroxyl groups is 5. The summed E-state index contributed by atoms with van der Waals surface area (Å²) < 4.78 is 49.2. The van der Waals surface area contributed by atoms with E-state index in [1.54, 1.807) is 24.3 Å². The monoisotopic (exact) mass is 981 g/mol. The zero-order valence-corrected chi connectivity index (χ0v) is 41.0. The first-order valence-corrected chi connectivity index (χ1v) is 27.0. The van der Waals surface area contributed by atoms with Gasteiger partial charge in [0.1, 0.15) is 43.2 Å². The van der Waals surface area contributed by atoms with Crippen LogP contribution in [0.15, 0.2) is 60.8 Å². The van der Waals surface area contributed by atoms with Gasteiger partial charge in [-0.05, 0) is 70.6 Å². The van der Waals surface area contributed by atoms with Crippen LogP contribution in [0, 0.1) is 0 Å². The van der Waals surface area contributed by atoms with Gasteiger partial charge in [0, 0.05) is 12.8 Å². The van der Waals surface area contributed by atoms with Crippen LogP contribution in [0.3, 0.4) is 0 Å². The summed E-state index contributed by atoms with van der Waals surface area (Å²) in [7, 11) is -10.7. The second kappa shape index (κ2) is 37.5. The fourth-order valence-corrected chi connectivity index (χ4v) is 8.40. The Morgan fingerprint density at radius 3 is 1.71 bits per heavy atom. The lowest BCUT2D eigenvalue weighted by molar-refractivity contribution is -0.216. The van der Waals surface area contributed by atoms with Crippen molar-refractivity contribution in [1.29, 1.82) is 0 Å². The van der Waals surface area contributed by atoms with Crippen LogP contribution in [-0.2, 0) is 41.8 Å². The Bertz CT molecular complexity index is 1530. The van der Waals surface area contributed by atoms with Crippen LogP contribution >= 0.6 is 15.6 Å². The molecule has 6 unspecified atom stereocenters. The maximum Gasteiger partial charge on any atom is 0.472 e. The summed E-state index contributed by atoms with van der Waals surface area (Å²) in [6, 6.07) is 0. The zero-order valence-electron chi connectivity index (χ0n) is 39.2. The zero-order chi connectivity index (χ0) is 49.1. The van der Waals surface area contributed by atoms with E-state index in [0.717, 1.165) is 51.4 Å². The van der Waals surface area contributed by atoms with Crippen LogP contribution in [0.2, 0.25) is 0 Å². The third-order valence-electron chi connectivity index (χ3n) is 10.6. The van der Waals surface area contributed by atoms with Gasteiger partial charge in [-0.3, -0.25) is 23.2 Å². The van der Waals surface area contributed by atoms with E-state index in [-0.39, 0.29) is 12.8 Å². The summed E-state index contributed by atoms with van der Waals surface area (Å²) in [5.74, 6) is -1.35. The van der Waals surface area contributed by atoms with Crippen molar-refractivity contribution in [3.05, 3.63) is 60.8 Å². The standard InChI is InChI=1S/C47H82O17P2/c1-3-5-7-9-11-13-14-15-16-17-18-20-22-26-30-34-40(49)60-36-39(37-61-66(58,59)64-47-44(53)42(51)43(52)46(45(47)54)63-65(55,56)57)62-41(50)35-31-27-23-25-29-33-38(48)32-28-24-21-19-12-10-8-6-4-2/h12,15-16,19,23-25,28-29,33,38-39,42-48,51-54H,3-11,13-14,17-18,20-22,26-27,30-32,34-37H2,1-2H3,(H,58,59)(H2,55,56,57)/b16-15-,19-12-,25-23+,28-24-,33-29-/t38?,39-,42?,43?,44?,45?,46-,47+/m1/s1. The Hall–Kier alpha value is -2.34. The number of carbonyl (C=O) groups excluding carboxylic acids is 2. The normalized spacial score (nSPS) is 22.5. The summed E-state index contributed by atoms with van der Waals surface area (Å²) in [5, 5.41) is 51.4. The number of phosphoric ester groups is 2. The van der Waals surface area contributed by atoms with Crippen LogP contribution in [-0.4, -0.2) is 114 Å². The smallest absolute Gasteiger partial charge is 0.462 e. The highest BCUT2D eigenvalue weighted by Crippen LogP contribution is 2.49. The lowest BCUT2D eigenvalue weighted by Gasteiger charge is -2.43. The van der Waals surface area contributed by atoms with E-state index in [1.807, 2.05) is 12.2 Å². The van der Waals surface area contributed by atoms with Gasteiger partial charge >= 0.3 is 27.6 Å². The van der Waals surface area contributed by atoms with Crippen molar-refractivity contribution in [3.8, 4) is 0 Å². The number of hydrogen-bond acceptors (Lipinski definition) is 14. The van der Waals surface area contributed by atoms with Gasteiger partial charge in [0.15, 0.2) is 6.10 Å². The van der Waals surface area contributed by atoms with E-state index in [4.69, 9.17) is 18.5 Å². The number of rotatable bonds is 39. The molecule has 1 saturated carbocycles. The van der Waals surface area contributed by atoms with Crippen LogP contribution in [0.25, 0.3) is 0 Å². The van der Waals surface area contributed by atoms with Crippen molar-refractivity contribution in [2.45, 2.75) is 210 Å². The second-order valence-electron chi connectivity index (χ2n) is 16.7. The molecule has 17 nitrogen and oxygen atoms in total. The predicted octanol–water partition coefficient (Wildman–Crippen LogP) is 8.03. The number of carbonyl (C=O) groups is 2. The molecule has 0 amide bonds. The number of ether oxygens (including phenoxy) is 2. The Morgan fingerprint density at radius 1 is 0.561 bits per heavy atom. The van der Waals surface area contributed by atoms with Gasteiger partial charge in [0.2, 0.25) is 0 Å². The molecule has 19 heteroatoms. The van der Waals surface area contributed by atoms with Gasteiger partial charge in [0.25, 0.3) is 0 Å². The Morgan fingerprint density at radius 2 is 1.08 bits per heavy atom. The Labute approximate surface area is 392 Å². The van der Waals surface area contributed by atoms with E-state index in [0.29, 0.717) is 25.7 Å². The summed E-state index contributed by atoms with van der Waals surface area (Å²) >= 11 is 0. The molecular weight excluding hydrogens is 898 g/mol. The number of phosphoric acid groups is 2. The molecule has 0 saturated heterocycles. The van der Waals surface area contributed by atoms with Crippen molar-refractivity contribution < 1.29 is 82.0 Å². The molecule has 0 spiro atoms. The largest absolute Gasteiger partial charge is 0.472 e. The molecule has 0 aromatic rings. The minimum atomic E-state index is -5.38. The van der Waals surface area contributed by atoms with Crippen molar-refractivity contribution in [3.63, 3.8) is 0 Å². The lowest BCUT2D eigenvalue weighted by atomic mass is 9.85. The van der Waals surface area contributed by atoms with Crippen LogP contribution < -0.4 is 0 Å². The molecule has 0 radical (unpaired) electrons. The average molecular weight is 981 g/mol. The molecule has 382 valence electrons. The third-order valence-corrected chi connectivity index (χ3v) is 12.1. The predicted molar refractivity (Wildman–Crippen MR) is 252 cm³/mol.